The second-order valence-electron chi connectivity index (χ2n) is 8.38. The van der Waals surface area contributed by atoms with Crippen LogP contribution in [0.25, 0.3) is 5.65 Å². The van der Waals surface area contributed by atoms with Crippen molar-refractivity contribution in [2.45, 2.75) is 57.3 Å². The molecule has 1 N–H and O–H groups in total. The Labute approximate surface area is 185 Å². The molecule has 1 aliphatic carbocycles. The van der Waals surface area contributed by atoms with Crippen molar-refractivity contribution in [1.29, 1.82) is 0 Å². The predicted molar refractivity (Wildman–Crippen MR) is 118 cm³/mol. The summed E-state index contributed by atoms with van der Waals surface area (Å²) in [7, 11) is 1.90. The van der Waals surface area contributed by atoms with Crippen LogP contribution in [0, 0.1) is 0 Å². The monoisotopic (exact) mass is 444 g/mol. The molecule has 0 unspecified atom stereocenters. The third-order valence-corrected chi connectivity index (χ3v) is 6.33. The van der Waals surface area contributed by atoms with Crippen molar-refractivity contribution in [3.63, 3.8) is 0 Å². The molecule has 170 valence electrons. The first-order valence-electron chi connectivity index (χ1n) is 10.9. The smallest absolute Gasteiger partial charge is 0.358 e. The summed E-state index contributed by atoms with van der Waals surface area (Å²) >= 11 is 0. The van der Waals surface area contributed by atoms with Gasteiger partial charge in [-0.15, -0.1) is 0 Å². The molecule has 0 radical (unpaired) electrons. The molecule has 8 heteroatoms. The van der Waals surface area contributed by atoms with E-state index in [9.17, 15) is 18.0 Å². The maximum absolute atomic E-state index is 13.1. The van der Waals surface area contributed by atoms with E-state index in [0.717, 1.165) is 38.3 Å². The van der Waals surface area contributed by atoms with Crippen molar-refractivity contribution in [2.24, 2.45) is 0 Å². The van der Waals surface area contributed by atoms with Gasteiger partial charge >= 0.3 is 6.18 Å². The van der Waals surface area contributed by atoms with E-state index in [1.54, 1.807) is 12.1 Å². The molecule has 5 nitrogen and oxygen atoms in total. The molecule has 0 bridgehead atoms. The van der Waals surface area contributed by atoms with Gasteiger partial charge in [0.1, 0.15) is 11.5 Å². The second kappa shape index (κ2) is 8.84. The van der Waals surface area contributed by atoms with E-state index in [1.807, 2.05) is 42.3 Å². The molecule has 0 spiro atoms. The number of carbonyl (C=O) groups is 1. The van der Waals surface area contributed by atoms with Gasteiger partial charge in [0.2, 0.25) is 0 Å². The van der Waals surface area contributed by atoms with E-state index in [1.165, 1.54) is 9.96 Å². The molecule has 0 aliphatic heterocycles. The first kappa shape index (κ1) is 22.2. The van der Waals surface area contributed by atoms with E-state index in [0.29, 0.717) is 11.4 Å². The van der Waals surface area contributed by atoms with Gasteiger partial charge in [0.15, 0.2) is 5.69 Å². The van der Waals surface area contributed by atoms with Crippen molar-refractivity contribution >= 4 is 17.4 Å². The number of aromatic nitrogens is 2. The molecule has 3 aromatic rings. The van der Waals surface area contributed by atoms with Gasteiger partial charge in [-0.1, -0.05) is 25.1 Å². The maximum Gasteiger partial charge on any atom is 0.434 e. The number of aryl methyl sites for hydroxylation is 1. The van der Waals surface area contributed by atoms with Crippen LogP contribution in [0.3, 0.4) is 0 Å². The summed E-state index contributed by atoms with van der Waals surface area (Å²) in [5, 5.41) is 3.12. The molecule has 1 amide bonds. The number of hydrogen-bond acceptors (Lipinski definition) is 3. The van der Waals surface area contributed by atoms with Crippen LogP contribution < -0.4 is 10.2 Å². The van der Waals surface area contributed by atoms with Crippen molar-refractivity contribution in [3.05, 3.63) is 65.5 Å². The minimum atomic E-state index is -4.48. The topological polar surface area (TPSA) is 49.6 Å². The van der Waals surface area contributed by atoms with Crippen LogP contribution in [-0.2, 0) is 12.6 Å². The number of alkyl halides is 3. The zero-order valence-corrected chi connectivity index (χ0v) is 18.2. The van der Waals surface area contributed by atoms with Gasteiger partial charge in [0, 0.05) is 30.9 Å². The highest BCUT2D eigenvalue weighted by Crippen LogP contribution is 2.31. The minimum Gasteiger partial charge on any atom is -0.358 e. The number of fused-ring (bicyclic) bond motifs is 1. The fraction of sp³-hybridized carbons (Fsp3) is 0.417. The SMILES string of the molecule is CCc1ccc(C(=O)N[C@H]2CC[C@@H](N(C)c3cccc4nc(C(F)(F)F)cn34)CC2)cc1. The van der Waals surface area contributed by atoms with Gasteiger partial charge in [-0.2, -0.15) is 13.2 Å². The number of nitrogens with zero attached hydrogens (tertiary/aromatic N) is 3. The van der Waals surface area contributed by atoms with Crippen LogP contribution in [0.1, 0.15) is 54.2 Å². The van der Waals surface area contributed by atoms with Gasteiger partial charge < -0.3 is 10.2 Å². The Morgan fingerprint density at radius 3 is 2.44 bits per heavy atom. The molecule has 1 saturated carbocycles. The van der Waals surface area contributed by atoms with Gasteiger partial charge in [0.25, 0.3) is 5.91 Å². The number of amides is 1. The fourth-order valence-electron chi connectivity index (χ4n) is 4.38. The summed E-state index contributed by atoms with van der Waals surface area (Å²) in [4.78, 5) is 18.3. The molecule has 32 heavy (non-hydrogen) atoms. The average molecular weight is 445 g/mol. The van der Waals surface area contributed by atoms with E-state index >= 15 is 0 Å². The summed E-state index contributed by atoms with van der Waals surface area (Å²) < 4.78 is 40.8. The highest BCUT2D eigenvalue weighted by Gasteiger charge is 2.34. The highest BCUT2D eigenvalue weighted by atomic mass is 19.4. The standard InChI is InChI=1S/C24H27F3N4O/c1-3-16-7-9-17(10-8-16)23(32)28-18-11-13-19(14-12-18)30(2)22-6-4-5-21-29-20(15-31(21)22)24(25,26)27/h4-10,15,18-19H,3,11-14H2,1-2H3,(H,28,32)/t18-,19+. The molecule has 1 aromatic carbocycles. The number of halogens is 3. The first-order valence-corrected chi connectivity index (χ1v) is 10.9. The number of hydrogen-bond donors (Lipinski definition) is 1. The number of pyridine rings is 1. The number of imidazole rings is 1. The van der Waals surface area contributed by atoms with Crippen LogP contribution in [0.2, 0.25) is 0 Å². The number of rotatable bonds is 5. The number of anilines is 1. The lowest BCUT2D eigenvalue weighted by Gasteiger charge is -2.36. The molecule has 2 aromatic heterocycles. The Morgan fingerprint density at radius 1 is 1.12 bits per heavy atom. The minimum absolute atomic E-state index is 0.0627. The Hall–Kier alpha value is -3.03. The predicted octanol–water partition coefficient (Wildman–Crippen LogP) is 5.09. The van der Waals surface area contributed by atoms with E-state index < -0.39 is 11.9 Å². The lowest BCUT2D eigenvalue weighted by Crippen LogP contribution is -2.43. The molecule has 2 heterocycles. The van der Waals surface area contributed by atoms with E-state index in [4.69, 9.17) is 0 Å². The van der Waals surface area contributed by atoms with Crippen molar-refractivity contribution in [2.75, 3.05) is 11.9 Å². The highest BCUT2D eigenvalue weighted by molar-refractivity contribution is 5.94. The molecular weight excluding hydrogens is 417 g/mol. The van der Waals surface area contributed by atoms with Crippen LogP contribution in [0.4, 0.5) is 19.0 Å². The molecule has 1 fully saturated rings. The van der Waals surface area contributed by atoms with Crippen LogP contribution in [0.15, 0.2) is 48.7 Å². The normalized spacial score (nSPS) is 19.2. The lowest BCUT2D eigenvalue weighted by molar-refractivity contribution is -0.140. The molecule has 0 atom stereocenters. The molecule has 0 saturated heterocycles. The van der Waals surface area contributed by atoms with E-state index in [-0.39, 0.29) is 23.6 Å². The fourth-order valence-corrected chi connectivity index (χ4v) is 4.38. The third kappa shape index (κ3) is 4.59. The van der Waals surface area contributed by atoms with Crippen molar-refractivity contribution in [3.8, 4) is 0 Å². The van der Waals surface area contributed by atoms with Crippen molar-refractivity contribution < 1.29 is 18.0 Å². The Morgan fingerprint density at radius 2 is 1.81 bits per heavy atom. The summed E-state index contributed by atoms with van der Waals surface area (Å²) in [6.07, 6.45) is 0.833. The summed E-state index contributed by atoms with van der Waals surface area (Å²) in [5.74, 6) is 0.612. The lowest BCUT2D eigenvalue weighted by atomic mass is 9.90. The van der Waals surface area contributed by atoms with Gasteiger partial charge in [-0.3, -0.25) is 9.20 Å². The number of benzene rings is 1. The van der Waals surface area contributed by atoms with E-state index in [2.05, 4.69) is 17.2 Å². The van der Waals surface area contributed by atoms with Crippen LogP contribution in [-0.4, -0.2) is 34.4 Å². The summed E-state index contributed by atoms with van der Waals surface area (Å²) in [6.45, 7) is 2.08. The quantitative estimate of drug-likeness (QED) is 0.596. The van der Waals surface area contributed by atoms with Crippen LogP contribution >= 0.6 is 0 Å². The molecule has 1 aliphatic rings. The van der Waals surface area contributed by atoms with Crippen LogP contribution in [0.5, 0.6) is 0 Å². The average Bonchev–Trinajstić information content (AvgIpc) is 3.24. The largest absolute Gasteiger partial charge is 0.434 e. The van der Waals surface area contributed by atoms with Crippen molar-refractivity contribution in [1.82, 2.24) is 14.7 Å². The number of nitrogens with one attached hydrogen (secondary N) is 1. The third-order valence-electron chi connectivity index (χ3n) is 6.33. The Balaban J connectivity index is 1.40. The number of carbonyl (C=O) groups excluding carboxylic acids is 1. The zero-order valence-electron chi connectivity index (χ0n) is 18.2. The molecule has 4 rings (SSSR count). The molecular formula is C24H27F3N4O. The summed E-state index contributed by atoms with van der Waals surface area (Å²) in [6, 6.07) is 13.0. The Bertz CT molecular complexity index is 1080. The first-order chi connectivity index (χ1) is 15.3. The summed E-state index contributed by atoms with van der Waals surface area (Å²) in [5.41, 5.74) is 1.24. The van der Waals surface area contributed by atoms with Gasteiger partial charge in [-0.25, -0.2) is 4.98 Å². The second-order valence-corrected chi connectivity index (χ2v) is 8.38. The Kier molecular flexibility index (Phi) is 6.13. The van der Waals surface area contributed by atoms with Gasteiger partial charge in [0.05, 0.1) is 0 Å². The van der Waals surface area contributed by atoms with Gasteiger partial charge in [-0.05, 0) is 61.9 Å². The maximum atomic E-state index is 13.1. The zero-order chi connectivity index (χ0) is 22.9.